The molecular formula is C21H14BrClN4O2S2. The maximum atomic E-state index is 13.2. The predicted octanol–water partition coefficient (Wildman–Crippen LogP) is 5.11. The van der Waals surface area contributed by atoms with E-state index >= 15 is 0 Å². The lowest BCUT2D eigenvalue weighted by molar-refractivity contribution is -0.118. The standard InChI is InChI=1S/C21H14BrClN4O2S2/c22-18-10-9-15(31-18)11-24-26-19(28)12-30-21-25-17-4-2-1-3-16(17)20(29)27(21)14-7-5-13(23)6-8-14/h1-11H,12H2,(H,26,28)/b24-11-. The maximum Gasteiger partial charge on any atom is 0.266 e. The average Bonchev–Trinajstić information content (AvgIpc) is 3.18. The molecule has 2 aromatic carbocycles. The van der Waals surface area contributed by atoms with E-state index in [0.29, 0.717) is 26.8 Å². The summed E-state index contributed by atoms with van der Waals surface area (Å²) in [4.78, 5) is 30.9. The number of thiophene rings is 1. The highest BCUT2D eigenvalue weighted by Gasteiger charge is 2.14. The number of thioether (sulfide) groups is 1. The van der Waals surface area contributed by atoms with Crippen LogP contribution in [0.1, 0.15) is 4.88 Å². The lowest BCUT2D eigenvalue weighted by Crippen LogP contribution is -2.24. The zero-order valence-electron chi connectivity index (χ0n) is 15.8. The van der Waals surface area contributed by atoms with E-state index in [4.69, 9.17) is 11.6 Å². The number of carbonyl (C=O) groups is 1. The summed E-state index contributed by atoms with van der Waals surface area (Å²) in [5.41, 5.74) is 3.48. The van der Waals surface area contributed by atoms with Crippen LogP contribution in [0.3, 0.4) is 0 Å². The Bertz CT molecular complexity index is 1340. The number of hydrogen-bond acceptors (Lipinski definition) is 6. The Morgan fingerprint density at radius 3 is 2.71 bits per heavy atom. The molecule has 0 saturated carbocycles. The van der Waals surface area contributed by atoms with E-state index in [-0.39, 0.29) is 17.2 Å². The number of carbonyl (C=O) groups excluding carboxylic acids is 1. The molecule has 4 rings (SSSR count). The van der Waals surface area contributed by atoms with Gasteiger partial charge in [-0.15, -0.1) is 11.3 Å². The van der Waals surface area contributed by atoms with Crippen molar-refractivity contribution >= 4 is 73.7 Å². The maximum absolute atomic E-state index is 13.2. The van der Waals surface area contributed by atoms with Crippen molar-refractivity contribution in [2.75, 3.05) is 5.75 Å². The van der Waals surface area contributed by atoms with E-state index in [9.17, 15) is 9.59 Å². The molecule has 6 nitrogen and oxygen atoms in total. The number of para-hydroxylation sites is 1. The second kappa shape index (κ2) is 9.78. The molecule has 0 aliphatic heterocycles. The lowest BCUT2D eigenvalue weighted by atomic mass is 10.2. The molecular weight excluding hydrogens is 520 g/mol. The fraction of sp³-hybridized carbons (Fsp3) is 0.0476. The molecule has 0 atom stereocenters. The Morgan fingerprint density at radius 2 is 1.97 bits per heavy atom. The van der Waals surface area contributed by atoms with Gasteiger partial charge in [0.1, 0.15) is 0 Å². The number of nitrogens with zero attached hydrogens (tertiary/aromatic N) is 3. The van der Waals surface area contributed by atoms with Gasteiger partial charge in [0.15, 0.2) is 5.16 Å². The minimum atomic E-state index is -0.304. The zero-order chi connectivity index (χ0) is 21.8. The first-order valence-electron chi connectivity index (χ1n) is 8.99. The van der Waals surface area contributed by atoms with Gasteiger partial charge in [-0.1, -0.05) is 35.5 Å². The van der Waals surface area contributed by atoms with Crippen LogP contribution in [0.15, 0.2) is 79.5 Å². The molecule has 156 valence electrons. The summed E-state index contributed by atoms with van der Waals surface area (Å²) >= 11 is 12.0. The molecule has 1 N–H and O–H groups in total. The Balaban J connectivity index is 1.58. The lowest BCUT2D eigenvalue weighted by Gasteiger charge is -2.13. The van der Waals surface area contributed by atoms with Crippen LogP contribution in [-0.4, -0.2) is 27.4 Å². The van der Waals surface area contributed by atoms with Gasteiger partial charge in [0.2, 0.25) is 0 Å². The molecule has 0 saturated heterocycles. The van der Waals surface area contributed by atoms with Gasteiger partial charge in [-0.25, -0.2) is 10.4 Å². The first-order chi connectivity index (χ1) is 15.0. The Kier molecular flexibility index (Phi) is 6.86. The van der Waals surface area contributed by atoms with E-state index in [0.717, 1.165) is 20.4 Å². The molecule has 0 bridgehead atoms. The molecule has 0 fully saturated rings. The van der Waals surface area contributed by atoms with Crippen LogP contribution in [0.5, 0.6) is 0 Å². The minimum absolute atomic E-state index is 0.0455. The van der Waals surface area contributed by atoms with Gasteiger partial charge >= 0.3 is 0 Å². The minimum Gasteiger partial charge on any atom is -0.272 e. The molecule has 4 aromatic rings. The van der Waals surface area contributed by atoms with Crippen molar-refractivity contribution in [2.45, 2.75) is 5.16 Å². The quantitative estimate of drug-likeness (QED) is 0.162. The SMILES string of the molecule is O=C(CSc1nc2ccccc2c(=O)n1-c1ccc(Cl)cc1)N/N=C\c1ccc(Br)s1. The van der Waals surface area contributed by atoms with E-state index < -0.39 is 0 Å². The van der Waals surface area contributed by atoms with Crippen molar-refractivity contribution in [2.24, 2.45) is 5.10 Å². The van der Waals surface area contributed by atoms with Crippen LogP contribution in [0.25, 0.3) is 16.6 Å². The van der Waals surface area contributed by atoms with Gasteiger partial charge in [-0.05, 0) is 64.5 Å². The fourth-order valence-corrected chi connectivity index (χ4v) is 4.98. The number of fused-ring (bicyclic) bond motifs is 1. The van der Waals surface area contributed by atoms with Crippen LogP contribution in [0, 0.1) is 0 Å². The Labute approximate surface area is 199 Å². The number of hydrogen-bond donors (Lipinski definition) is 1. The zero-order valence-corrected chi connectivity index (χ0v) is 19.8. The highest BCUT2D eigenvalue weighted by atomic mass is 79.9. The smallest absolute Gasteiger partial charge is 0.266 e. The van der Waals surface area contributed by atoms with Crippen LogP contribution in [-0.2, 0) is 4.79 Å². The van der Waals surface area contributed by atoms with E-state index in [1.165, 1.54) is 15.9 Å². The monoisotopic (exact) mass is 532 g/mol. The molecule has 1 amide bonds. The van der Waals surface area contributed by atoms with E-state index in [1.54, 1.807) is 48.7 Å². The summed E-state index contributed by atoms with van der Waals surface area (Å²) in [6, 6.07) is 17.8. The summed E-state index contributed by atoms with van der Waals surface area (Å²) in [6.07, 6.45) is 1.58. The highest BCUT2D eigenvalue weighted by Crippen LogP contribution is 2.22. The van der Waals surface area contributed by atoms with Crippen molar-refractivity contribution in [3.8, 4) is 5.69 Å². The first kappa shape index (κ1) is 21.8. The number of rotatable bonds is 6. The molecule has 0 spiro atoms. The van der Waals surface area contributed by atoms with Crippen molar-refractivity contribution in [3.63, 3.8) is 0 Å². The largest absolute Gasteiger partial charge is 0.272 e. The molecule has 0 aliphatic carbocycles. The Morgan fingerprint density at radius 1 is 1.19 bits per heavy atom. The summed E-state index contributed by atoms with van der Waals surface area (Å²) in [5, 5.41) is 5.45. The van der Waals surface area contributed by atoms with Gasteiger partial charge < -0.3 is 0 Å². The summed E-state index contributed by atoms with van der Waals surface area (Å²) in [5.74, 6) is -0.258. The van der Waals surface area contributed by atoms with Crippen LogP contribution < -0.4 is 11.0 Å². The van der Waals surface area contributed by atoms with Crippen LogP contribution >= 0.6 is 50.6 Å². The van der Waals surface area contributed by atoms with Crippen LogP contribution in [0.4, 0.5) is 0 Å². The molecule has 2 heterocycles. The molecule has 0 aliphatic rings. The number of amides is 1. The summed E-state index contributed by atoms with van der Waals surface area (Å²) in [6.45, 7) is 0. The second-order valence-electron chi connectivity index (χ2n) is 6.25. The average molecular weight is 534 g/mol. The molecule has 10 heteroatoms. The molecule has 31 heavy (non-hydrogen) atoms. The third-order valence-corrected chi connectivity index (χ3v) is 6.89. The summed E-state index contributed by atoms with van der Waals surface area (Å²) < 4.78 is 2.47. The number of benzene rings is 2. The van der Waals surface area contributed by atoms with Gasteiger partial charge in [0.25, 0.3) is 11.5 Å². The number of aromatic nitrogens is 2. The molecule has 0 radical (unpaired) electrons. The molecule has 2 aromatic heterocycles. The van der Waals surface area contributed by atoms with Crippen molar-refractivity contribution in [1.82, 2.24) is 15.0 Å². The number of hydrazone groups is 1. The van der Waals surface area contributed by atoms with Crippen molar-refractivity contribution in [3.05, 3.63) is 84.7 Å². The Hall–Kier alpha value is -2.46. The van der Waals surface area contributed by atoms with Crippen molar-refractivity contribution < 1.29 is 4.79 Å². The van der Waals surface area contributed by atoms with Gasteiger partial charge in [-0.3, -0.25) is 14.2 Å². The second-order valence-corrected chi connectivity index (χ2v) is 10.1. The van der Waals surface area contributed by atoms with E-state index in [1.807, 2.05) is 18.2 Å². The molecule has 0 unspecified atom stereocenters. The van der Waals surface area contributed by atoms with E-state index in [2.05, 4.69) is 31.4 Å². The third-order valence-electron chi connectivity index (χ3n) is 4.14. The normalized spacial score (nSPS) is 11.3. The highest BCUT2D eigenvalue weighted by molar-refractivity contribution is 9.11. The first-order valence-corrected chi connectivity index (χ1v) is 12.0. The van der Waals surface area contributed by atoms with Crippen molar-refractivity contribution in [1.29, 1.82) is 0 Å². The number of nitrogens with one attached hydrogen (secondary N) is 1. The summed E-state index contributed by atoms with van der Waals surface area (Å²) in [7, 11) is 0. The fourth-order valence-electron chi connectivity index (χ4n) is 2.75. The topological polar surface area (TPSA) is 76.3 Å². The van der Waals surface area contributed by atoms with Gasteiger partial charge in [-0.2, -0.15) is 5.10 Å². The number of halogens is 2. The van der Waals surface area contributed by atoms with Gasteiger partial charge in [0, 0.05) is 9.90 Å². The predicted molar refractivity (Wildman–Crippen MR) is 131 cm³/mol. The van der Waals surface area contributed by atoms with Crippen LogP contribution in [0.2, 0.25) is 5.02 Å². The van der Waals surface area contributed by atoms with Gasteiger partial charge in [0.05, 0.1) is 32.3 Å². The third kappa shape index (κ3) is 5.24.